The summed E-state index contributed by atoms with van der Waals surface area (Å²) in [7, 11) is 0. The standard InChI is InChI=1S/C16H26N4O2/c1-11-8-18-14(9-17-11)10-19-12-5-6-13(7-12)20-15(21)22-16(2,3)4/h8-9,12-13,19H,5-7,10H2,1-4H3,(H,20,21). The van der Waals surface area contributed by atoms with E-state index in [0.29, 0.717) is 12.6 Å². The van der Waals surface area contributed by atoms with Crippen LogP contribution in [0.25, 0.3) is 0 Å². The number of nitrogens with zero attached hydrogens (tertiary/aromatic N) is 2. The second kappa shape index (κ2) is 7.05. The first kappa shape index (κ1) is 16.7. The Morgan fingerprint density at radius 1 is 1.27 bits per heavy atom. The van der Waals surface area contributed by atoms with Crippen LogP contribution < -0.4 is 10.6 Å². The molecule has 0 aromatic carbocycles. The third-order valence-corrected chi connectivity index (χ3v) is 3.56. The van der Waals surface area contributed by atoms with E-state index >= 15 is 0 Å². The summed E-state index contributed by atoms with van der Waals surface area (Å²) in [6, 6.07) is 0.569. The fourth-order valence-corrected chi connectivity index (χ4v) is 2.53. The molecule has 6 nitrogen and oxygen atoms in total. The van der Waals surface area contributed by atoms with Crippen molar-refractivity contribution < 1.29 is 9.53 Å². The summed E-state index contributed by atoms with van der Waals surface area (Å²) < 4.78 is 5.29. The zero-order valence-corrected chi connectivity index (χ0v) is 13.8. The number of ether oxygens (including phenoxy) is 1. The molecule has 22 heavy (non-hydrogen) atoms. The van der Waals surface area contributed by atoms with Crippen LogP contribution >= 0.6 is 0 Å². The Morgan fingerprint density at radius 2 is 2.00 bits per heavy atom. The minimum Gasteiger partial charge on any atom is -0.444 e. The summed E-state index contributed by atoms with van der Waals surface area (Å²) in [5, 5.41) is 6.42. The van der Waals surface area contributed by atoms with Crippen molar-refractivity contribution in [1.82, 2.24) is 20.6 Å². The molecule has 0 spiro atoms. The molecule has 2 N–H and O–H groups in total. The molecule has 122 valence electrons. The van der Waals surface area contributed by atoms with E-state index in [0.717, 1.165) is 30.7 Å². The van der Waals surface area contributed by atoms with Gasteiger partial charge in [-0.05, 0) is 47.0 Å². The van der Waals surface area contributed by atoms with Gasteiger partial charge in [-0.15, -0.1) is 0 Å². The average molecular weight is 306 g/mol. The molecule has 0 radical (unpaired) electrons. The first-order chi connectivity index (χ1) is 10.3. The topological polar surface area (TPSA) is 76.1 Å². The molecule has 1 aromatic heterocycles. The molecule has 1 fully saturated rings. The number of alkyl carbamates (subject to hydrolysis) is 1. The lowest BCUT2D eigenvalue weighted by Crippen LogP contribution is -2.39. The first-order valence-corrected chi connectivity index (χ1v) is 7.82. The van der Waals surface area contributed by atoms with Crippen molar-refractivity contribution in [1.29, 1.82) is 0 Å². The minimum atomic E-state index is -0.454. The highest BCUT2D eigenvalue weighted by Gasteiger charge is 2.27. The second-order valence-electron chi connectivity index (χ2n) is 6.88. The molecule has 1 heterocycles. The average Bonchev–Trinajstić information content (AvgIpc) is 2.83. The van der Waals surface area contributed by atoms with E-state index < -0.39 is 5.60 Å². The summed E-state index contributed by atoms with van der Waals surface area (Å²) >= 11 is 0. The van der Waals surface area contributed by atoms with Crippen LogP contribution in [0, 0.1) is 6.92 Å². The smallest absolute Gasteiger partial charge is 0.407 e. The van der Waals surface area contributed by atoms with Gasteiger partial charge in [0, 0.05) is 31.0 Å². The number of carbonyl (C=O) groups is 1. The van der Waals surface area contributed by atoms with Gasteiger partial charge in [0.2, 0.25) is 0 Å². The molecule has 0 saturated heterocycles. The van der Waals surface area contributed by atoms with Crippen molar-refractivity contribution in [3.8, 4) is 0 Å². The van der Waals surface area contributed by atoms with Gasteiger partial charge in [0.25, 0.3) is 0 Å². The molecule has 2 rings (SSSR count). The van der Waals surface area contributed by atoms with Gasteiger partial charge in [-0.2, -0.15) is 0 Å². The summed E-state index contributed by atoms with van der Waals surface area (Å²) in [4.78, 5) is 20.3. The van der Waals surface area contributed by atoms with Crippen LogP contribution in [0.5, 0.6) is 0 Å². The van der Waals surface area contributed by atoms with Crippen LogP contribution in [0.1, 0.15) is 51.4 Å². The van der Waals surface area contributed by atoms with Gasteiger partial charge in [-0.25, -0.2) is 4.79 Å². The van der Waals surface area contributed by atoms with Crippen molar-refractivity contribution in [2.24, 2.45) is 0 Å². The van der Waals surface area contributed by atoms with Crippen LogP contribution in [-0.2, 0) is 11.3 Å². The fourth-order valence-electron chi connectivity index (χ4n) is 2.53. The molecule has 1 aliphatic carbocycles. The number of rotatable bonds is 4. The van der Waals surface area contributed by atoms with Gasteiger partial charge in [0.05, 0.1) is 11.4 Å². The Hall–Kier alpha value is -1.69. The maximum absolute atomic E-state index is 11.8. The van der Waals surface area contributed by atoms with Gasteiger partial charge in [-0.1, -0.05) is 0 Å². The molecule has 1 aromatic rings. The number of nitrogens with one attached hydrogen (secondary N) is 2. The molecule has 0 aliphatic heterocycles. The van der Waals surface area contributed by atoms with E-state index in [2.05, 4.69) is 20.6 Å². The number of aryl methyl sites for hydroxylation is 1. The van der Waals surface area contributed by atoms with Gasteiger partial charge >= 0.3 is 6.09 Å². The fraction of sp³-hybridized carbons (Fsp3) is 0.688. The number of amides is 1. The lowest BCUT2D eigenvalue weighted by molar-refractivity contribution is 0.0505. The number of hydrogen-bond donors (Lipinski definition) is 2. The zero-order chi connectivity index (χ0) is 16.2. The molecular formula is C16H26N4O2. The predicted octanol–water partition coefficient (Wildman–Crippen LogP) is 2.32. The molecule has 1 aliphatic rings. The van der Waals surface area contributed by atoms with E-state index in [-0.39, 0.29) is 12.1 Å². The van der Waals surface area contributed by atoms with Gasteiger partial charge in [0.1, 0.15) is 5.60 Å². The van der Waals surface area contributed by atoms with Gasteiger partial charge in [-0.3, -0.25) is 9.97 Å². The molecule has 6 heteroatoms. The van der Waals surface area contributed by atoms with Crippen molar-refractivity contribution >= 4 is 6.09 Å². The molecule has 2 atom stereocenters. The highest BCUT2D eigenvalue weighted by molar-refractivity contribution is 5.68. The van der Waals surface area contributed by atoms with Crippen LogP contribution in [0.3, 0.4) is 0 Å². The Labute approximate surface area is 132 Å². The van der Waals surface area contributed by atoms with Crippen LogP contribution in [-0.4, -0.2) is 33.7 Å². The van der Waals surface area contributed by atoms with E-state index in [9.17, 15) is 4.79 Å². The SMILES string of the molecule is Cc1cnc(CNC2CCC(NC(=O)OC(C)(C)C)C2)cn1. The molecular weight excluding hydrogens is 280 g/mol. The summed E-state index contributed by atoms with van der Waals surface area (Å²) in [6.07, 6.45) is 6.17. The molecule has 0 bridgehead atoms. The highest BCUT2D eigenvalue weighted by Crippen LogP contribution is 2.20. The lowest BCUT2D eigenvalue weighted by Gasteiger charge is -2.21. The van der Waals surface area contributed by atoms with Gasteiger partial charge in [0.15, 0.2) is 0 Å². The Morgan fingerprint density at radius 3 is 2.64 bits per heavy atom. The third-order valence-electron chi connectivity index (χ3n) is 3.56. The zero-order valence-electron chi connectivity index (χ0n) is 13.8. The third kappa shape index (κ3) is 5.60. The first-order valence-electron chi connectivity index (χ1n) is 7.82. The summed E-state index contributed by atoms with van der Waals surface area (Å²) in [5.74, 6) is 0. The predicted molar refractivity (Wildman–Crippen MR) is 84.4 cm³/mol. The van der Waals surface area contributed by atoms with E-state index in [4.69, 9.17) is 4.74 Å². The molecule has 2 unspecified atom stereocenters. The van der Waals surface area contributed by atoms with E-state index in [1.54, 1.807) is 12.4 Å². The quantitative estimate of drug-likeness (QED) is 0.893. The second-order valence-corrected chi connectivity index (χ2v) is 6.88. The number of aromatic nitrogens is 2. The van der Waals surface area contributed by atoms with E-state index in [1.807, 2.05) is 27.7 Å². The minimum absolute atomic E-state index is 0.177. The highest BCUT2D eigenvalue weighted by atomic mass is 16.6. The lowest BCUT2D eigenvalue weighted by atomic mass is 10.2. The number of carbonyl (C=O) groups excluding carboxylic acids is 1. The molecule has 1 saturated carbocycles. The van der Waals surface area contributed by atoms with Crippen LogP contribution in [0.15, 0.2) is 12.4 Å². The van der Waals surface area contributed by atoms with Crippen molar-refractivity contribution in [3.63, 3.8) is 0 Å². The maximum Gasteiger partial charge on any atom is 0.407 e. The normalized spacial score (nSPS) is 21.6. The van der Waals surface area contributed by atoms with Crippen molar-refractivity contribution in [2.75, 3.05) is 0 Å². The Kier molecular flexibility index (Phi) is 5.34. The van der Waals surface area contributed by atoms with Crippen LogP contribution in [0.4, 0.5) is 4.79 Å². The van der Waals surface area contributed by atoms with Crippen molar-refractivity contribution in [3.05, 3.63) is 23.8 Å². The van der Waals surface area contributed by atoms with E-state index in [1.165, 1.54) is 0 Å². The van der Waals surface area contributed by atoms with Crippen LogP contribution in [0.2, 0.25) is 0 Å². The Bertz CT molecular complexity index is 496. The van der Waals surface area contributed by atoms with Crippen molar-refractivity contribution in [2.45, 2.75) is 71.2 Å². The largest absolute Gasteiger partial charge is 0.444 e. The number of hydrogen-bond acceptors (Lipinski definition) is 5. The van der Waals surface area contributed by atoms with Gasteiger partial charge < -0.3 is 15.4 Å². The summed E-state index contributed by atoms with van der Waals surface area (Å²) in [5.41, 5.74) is 1.41. The molecule has 1 amide bonds. The summed E-state index contributed by atoms with van der Waals surface area (Å²) in [6.45, 7) is 8.24. The maximum atomic E-state index is 11.8. The Balaban J connectivity index is 1.71. The monoisotopic (exact) mass is 306 g/mol.